The lowest BCUT2D eigenvalue weighted by Crippen LogP contribution is -1.99. The van der Waals surface area contributed by atoms with Crippen LogP contribution in [0.3, 0.4) is 0 Å². The summed E-state index contributed by atoms with van der Waals surface area (Å²) in [5.41, 5.74) is 2.17. The van der Waals surface area contributed by atoms with Crippen LogP contribution in [-0.4, -0.2) is 5.24 Å². The van der Waals surface area contributed by atoms with Gasteiger partial charge in [-0.3, -0.25) is 4.79 Å². The molecule has 0 atom stereocenters. The van der Waals surface area contributed by atoms with Crippen molar-refractivity contribution < 1.29 is 9.53 Å². The highest BCUT2D eigenvalue weighted by Crippen LogP contribution is 2.29. The van der Waals surface area contributed by atoms with Crippen LogP contribution in [0.5, 0.6) is 5.75 Å². The molecule has 19 heavy (non-hydrogen) atoms. The first kappa shape index (κ1) is 13.9. The largest absolute Gasteiger partial charge is 0.489 e. The summed E-state index contributed by atoms with van der Waals surface area (Å²) in [6.07, 6.45) is 0. The first-order chi connectivity index (χ1) is 9.08. The number of rotatable bonds is 4. The average molecular weight is 295 g/mol. The Morgan fingerprint density at radius 1 is 1.21 bits per heavy atom. The normalized spacial score (nSPS) is 10.3. The van der Waals surface area contributed by atoms with Crippen molar-refractivity contribution in [2.75, 3.05) is 0 Å². The molecular formula is C15H12Cl2O2. The molecular weight excluding hydrogens is 283 g/mol. The van der Waals surface area contributed by atoms with Gasteiger partial charge in [0, 0.05) is 16.1 Å². The zero-order valence-corrected chi connectivity index (χ0v) is 11.8. The van der Waals surface area contributed by atoms with Gasteiger partial charge in [-0.15, -0.1) is 0 Å². The minimum absolute atomic E-state index is 0.334. The van der Waals surface area contributed by atoms with Gasteiger partial charge < -0.3 is 4.74 Å². The van der Waals surface area contributed by atoms with Gasteiger partial charge in [0.2, 0.25) is 0 Å². The van der Waals surface area contributed by atoms with E-state index in [1.54, 1.807) is 12.1 Å². The van der Waals surface area contributed by atoms with Crippen LogP contribution < -0.4 is 4.74 Å². The van der Waals surface area contributed by atoms with Crippen molar-refractivity contribution in [2.24, 2.45) is 0 Å². The molecule has 2 aromatic rings. The molecule has 2 aromatic carbocycles. The van der Waals surface area contributed by atoms with Crippen molar-refractivity contribution in [2.45, 2.75) is 13.5 Å². The third-order valence-electron chi connectivity index (χ3n) is 2.76. The minimum Gasteiger partial charge on any atom is -0.489 e. The Labute approximate surface area is 121 Å². The summed E-state index contributed by atoms with van der Waals surface area (Å²) in [6, 6.07) is 12.9. The fourth-order valence-corrected chi connectivity index (χ4v) is 1.97. The van der Waals surface area contributed by atoms with E-state index in [1.165, 1.54) is 0 Å². The summed E-state index contributed by atoms with van der Waals surface area (Å²) in [6.45, 7) is 2.25. The van der Waals surface area contributed by atoms with Crippen molar-refractivity contribution in [3.8, 4) is 5.75 Å². The number of carbonyl (C=O) groups excluding carboxylic acids is 1. The van der Waals surface area contributed by atoms with Crippen molar-refractivity contribution in [1.29, 1.82) is 0 Å². The molecule has 0 spiro atoms. The summed E-state index contributed by atoms with van der Waals surface area (Å²) in [5, 5.41) is -0.0824. The molecule has 0 N–H and O–H groups in total. The Balaban J connectivity index is 2.22. The smallest absolute Gasteiger partial charge is 0.252 e. The van der Waals surface area contributed by atoms with Gasteiger partial charge >= 0.3 is 0 Å². The summed E-state index contributed by atoms with van der Waals surface area (Å²) >= 11 is 11.5. The van der Waals surface area contributed by atoms with Gasteiger partial charge in [-0.1, -0.05) is 41.9 Å². The topological polar surface area (TPSA) is 26.3 Å². The Morgan fingerprint density at radius 2 is 1.89 bits per heavy atom. The molecule has 0 aliphatic heterocycles. The minimum atomic E-state index is -0.550. The predicted molar refractivity (Wildman–Crippen MR) is 77.1 cm³/mol. The third kappa shape index (κ3) is 3.49. The highest BCUT2D eigenvalue weighted by atomic mass is 35.5. The number of halogens is 2. The van der Waals surface area contributed by atoms with Crippen LogP contribution >= 0.6 is 23.2 Å². The highest BCUT2D eigenvalue weighted by molar-refractivity contribution is 6.67. The van der Waals surface area contributed by atoms with E-state index >= 15 is 0 Å². The molecule has 2 nitrogen and oxygen atoms in total. The average Bonchev–Trinajstić information content (AvgIpc) is 2.41. The van der Waals surface area contributed by atoms with E-state index in [0.717, 1.165) is 11.1 Å². The van der Waals surface area contributed by atoms with Crippen molar-refractivity contribution in [1.82, 2.24) is 0 Å². The Kier molecular flexibility index (Phi) is 4.46. The van der Waals surface area contributed by atoms with Gasteiger partial charge in [0.15, 0.2) is 0 Å². The molecule has 0 amide bonds. The molecule has 4 heteroatoms. The van der Waals surface area contributed by atoms with E-state index < -0.39 is 5.24 Å². The molecule has 0 aromatic heterocycles. The predicted octanol–water partition coefficient (Wildman–Crippen LogP) is 4.61. The number of ether oxygens (including phenoxy) is 1. The molecule has 0 saturated heterocycles. The summed E-state index contributed by atoms with van der Waals surface area (Å²) in [5.74, 6) is 0.570. The van der Waals surface area contributed by atoms with E-state index in [0.29, 0.717) is 22.9 Å². The van der Waals surface area contributed by atoms with Crippen LogP contribution in [0.25, 0.3) is 0 Å². The Bertz CT molecular complexity index is 595. The molecule has 0 fully saturated rings. The Morgan fingerprint density at radius 3 is 2.53 bits per heavy atom. The maximum absolute atomic E-state index is 11.2. The second-order valence-electron chi connectivity index (χ2n) is 4.13. The van der Waals surface area contributed by atoms with Crippen LogP contribution in [0.2, 0.25) is 5.02 Å². The number of carbonyl (C=O) groups is 1. The van der Waals surface area contributed by atoms with Crippen LogP contribution in [0.4, 0.5) is 0 Å². The maximum atomic E-state index is 11.2. The fourth-order valence-electron chi connectivity index (χ4n) is 1.65. The van der Waals surface area contributed by atoms with Crippen LogP contribution in [0.1, 0.15) is 21.5 Å². The van der Waals surface area contributed by atoms with Crippen molar-refractivity contribution >= 4 is 28.4 Å². The number of hydrogen-bond donors (Lipinski definition) is 0. The molecule has 2 rings (SSSR count). The van der Waals surface area contributed by atoms with E-state index in [4.69, 9.17) is 27.9 Å². The van der Waals surface area contributed by atoms with Crippen LogP contribution in [-0.2, 0) is 6.61 Å². The molecule has 0 bridgehead atoms. The number of benzene rings is 2. The summed E-state index contributed by atoms with van der Waals surface area (Å²) < 4.78 is 5.70. The van der Waals surface area contributed by atoms with Crippen molar-refractivity contribution in [3.63, 3.8) is 0 Å². The summed E-state index contributed by atoms with van der Waals surface area (Å²) in [7, 11) is 0. The highest BCUT2D eigenvalue weighted by Gasteiger charge is 2.11. The van der Waals surface area contributed by atoms with Gasteiger partial charge in [0.1, 0.15) is 12.4 Å². The van der Waals surface area contributed by atoms with Gasteiger partial charge in [0.25, 0.3) is 5.24 Å². The Hall–Kier alpha value is -1.51. The number of hydrogen-bond acceptors (Lipinski definition) is 2. The molecule has 0 radical (unpaired) electrons. The zero-order valence-electron chi connectivity index (χ0n) is 10.3. The van der Waals surface area contributed by atoms with Gasteiger partial charge in [-0.2, -0.15) is 0 Å². The molecule has 0 aliphatic carbocycles. The lowest BCUT2D eigenvalue weighted by Gasteiger charge is -2.11. The van der Waals surface area contributed by atoms with E-state index in [2.05, 4.69) is 0 Å². The SMILES string of the molecule is Cc1c(Cl)cc(C(=O)Cl)cc1OCc1ccccc1. The van der Waals surface area contributed by atoms with Gasteiger partial charge in [-0.25, -0.2) is 0 Å². The second-order valence-corrected chi connectivity index (χ2v) is 4.88. The molecule has 0 heterocycles. The molecule has 0 saturated carbocycles. The van der Waals surface area contributed by atoms with E-state index in [9.17, 15) is 4.79 Å². The molecule has 0 unspecified atom stereocenters. The second kappa shape index (κ2) is 6.09. The standard InChI is InChI=1S/C15H12Cl2O2/c1-10-13(16)7-12(15(17)18)8-14(10)19-9-11-5-3-2-4-6-11/h2-8H,9H2,1H3. The zero-order chi connectivity index (χ0) is 13.8. The molecule has 98 valence electrons. The lowest BCUT2D eigenvalue weighted by atomic mass is 10.1. The maximum Gasteiger partial charge on any atom is 0.252 e. The van der Waals surface area contributed by atoms with E-state index in [1.807, 2.05) is 37.3 Å². The van der Waals surface area contributed by atoms with Crippen LogP contribution in [0.15, 0.2) is 42.5 Å². The first-order valence-corrected chi connectivity index (χ1v) is 6.50. The third-order valence-corrected chi connectivity index (χ3v) is 3.37. The van der Waals surface area contributed by atoms with Crippen molar-refractivity contribution in [3.05, 3.63) is 64.2 Å². The summed E-state index contributed by atoms with van der Waals surface area (Å²) in [4.78, 5) is 11.2. The molecule has 0 aliphatic rings. The fraction of sp³-hybridized carbons (Fsp3) is 0.133. The quantitative estimate of drug-likeness (QED) is 0.770. The monoisotopic (exact) mass is 294 g/mol. The van der Waals surface area contributed by atoms with Gasteiger partial charge in [0.05, 0.1) is 0 Å². The van der Waals surface area contributed by atoms with E-state index in [-0.39, 0.29) is 0 Å². The van der Waals surface area contributed by atoms with Crippen LogP contribution in [0, 0.1) is 6.92 Å². The lowest BCUT2D eigenvalue weighted by molar-refractivity contribution is 0.108. The van der Waals surface area contributed by atoms with Gasteiger partial charge in [-0.05, 0) is 36.2 Å². The first-order valence-electron chi connectivity index (χ1n) is 5.74.